The van der Waals surface area contributed by atoms with Crippen LogP contribution in [-0.2, 0) is 11.3 Å². The predicted octanol–water partition coefficient (Wildman–Crippen LogP) is 2.90. The molecule has 3 heterocycles. The Morgan fingerprint density at radius 1 is 1.22 bits per heavy atom. The highest BCUT2D eigenvalue weighted by Crippen LogP contribution is 2.79. The van der Waals surface area contributed by atoms with E-state index in [0.717, 1.165) is 12.0 Å². The van der Waals surface area contributed by atoms with E-state index in [4.69, 9.17) is 21.3 Å². The molecule has 3 aliphatic rings. The molecule has 2 aromatic heterocycles. The van der Waals surface area contributed by atoms with Crippen molar-refractivity contribution in [1.29, 1.82) is 0 Å². The van der Waals surface area contributed by atoms with Crippen molar-refractivity contribution in [2.75, 3.05) is 18.8 Å². The summed E-state index contributed by atoms with van der Waals surface area (Å²) in [5.74, 6) is 0.466. The summed E-state index contributed by atoms with van der Waals surface area (Å²) in [6, 6.07) is 10.1. The Morgan fingerprint density at radius 2 is 1.97 bits per heavy atom. The zero-order chi connectivity index (χ0) is 25.4. The maximum absolute atomic E-state index is 12.5. The molecule has 2 amide bonds. The average molecular weight is 490 g/mol. The van der Waals surface area contributed by atoms with E-state index in [2.05, 4.69) is 5.10 Å². The highest BCUT2D eigenvalue weighted by molar-refractivity contribution is 6.03. The van der Waals surface area contributed by atoms with Crippen molar-refractivity contribution in [2.24, 2.45) is 23.0 Å². The average Bonchev–Trinajstić information content (AvgIpc) is 3.28. The molecule has 2 saturated carbocycles. The third-order valence-corrected chi connectivity index (χ3v) is 7.89. The lowest BCUT2D eigenvalue weighted by Gasteiger charge is -2.37. The number of benzene rings is 1. The first kappa shape index (κ1) is 22.6. The number of carbonyl (C=O) groups excluding carboxylic acids is 2. The number of hydrogen-bond acceptors (Lipinski definition) is 6. The standard InChI is InChI=1S/C26H31N7O3/c1-25(2,3)36-24(35)31-13-17-20-18(9-26(17,20)14-31)33-22(27)19(23(28)34)21(30-33)16-10-29-32(12-16)11-15-7-5-4-6-8-15/h4-8,10,12,17-18,20H,9,11,13-14,27H2,1-3H3,(H2,28,34)/t17?,18-,20-,26+/m1/s1. The molecule has 1 saturated heterocycles. The smallest absolute Gasteiger partial charge is 0.410 e. The number of hydrogen-bond donors (Lipinski definition) is 2. The van der Waals surface area contributed by atoms with Gasteiger partial charge in [-0.25, -0.2) is 9.48 Å². The van der Waals surface area contributed by atoms with Crippen molar-refractivity contribution in [1.82, 2.24) is 24.5 Å². The Hall–Kier alpha value is -3.82. The topological polar surface area (TPSA) is 134 Å². The predicted molar refractivity (Wildman–Crippen MR) is 133 cm³/mol. The molecule has 6 rings (SSSR count). The number of nitrogen functional groups attached to an aromatic ring is 1. The van der Waals surface area contributed by atoms with Crippen molar-refractivity contribution in [3.63, 3.8) is 0 Å². The molecule has 2 aliphatic carbocycles. The molecule has 3 fully saturated rings. The second-order valence-corrected chi connectivity index (χ2v) is 11.3. The first-order valence-corrected chi connectivity index (χ1v) is 12.3. The first-order chi connectivity index (χ1) is 17.1. The van der Waals surface area contributed by atoms with Gasteiger partial charge in [0.05, 0.1) is 18.8 Å². The summed E-state index contributed by atoms with van der Waals surface area (Å²) in [7, 11) is 0. The zero-order valence-electron chi connectivity index (χ0n) is 20.7. The van der Waals surface area contributed by atoms with Crippen LogP contribution in [0.25, 0.3) is 11.3 Å². The number of amides is 2. The lowest BCUT2D eigenvalue weighted by Crippen LogP contribution is -2.42. The van der Waals surface area contributed by atoms with Crippen LogP contribution in [0.2, 0.25) is 0 Å². The Morgan fingerprint density at radius 3 is 2.64 bits per heavy atom. The van der Waals surface area contributed by atoms with E-state index in [-0.39, 0.29) is 23.1 Å². The highest BCUT2D eigenvalue weighted by Gasteiger charge is 2.79. The summed E-state index contributed by atoms with van der Waals surface area (Å²) in [6.07, 6.45) is 4.15. The van der Waals surface area contributed by atoms with Crippen LogP contribution in [0.5, 0.6) is 0 Å². The number of fused-ring (bicyclic) bond motifs is 1. The van der Waals surface area contributed by atoms with E-state index < -0.39 is 11.5 Å². The Labute approximate surface area is 209 Å². The van der Waals surface area contributed by atoms with Crippen LogP contribution in [0.15, 0.2) is 42.7 Å². The summed E-state index contributed by atoms with van der Waals surface area (Å²) in [5, 5.41) is 9.23. The third kappa shape index (κ3) is 3.46. The summed E-state index contributed by atoms with van der Waals surface area (Å²) in [5.41, 5.74) is 14.3. The molecule has 0 radical (unpaired) electrons. The summed E-state index contributed by atoms with van der Waals surface area (Å²) in [4.78, 5) is 26.7. The molecule has 3 aromatic rings. The molecule has 1 aliphatic heterocycles. The maximum Gasteiger partial charge on any atom is 0.410 e. The lowest BCUT2D eigenvalue weighted by atomic mass is 9.80. The number of likely N-dealkylation sites (tertiary alicyclic amines) is 1. The molecule has 188 valence electrons. The molecule has 4 N–H and O–H groups in total. The van der Waals surface area contributed by atoms with Gasteiger partial charge >= 0.3 is 6.09 Å². The number of ether oxygens (including phenoxy) is 1. The second-order valence-electron chi connectivity index (χ2n) is 11.3. The van der Waals surface area contributed by atoms with Crippen LogP contribution in [0.4, 0.5) is 10.6 Å². The molecule has 1 spiro atoms. The number of primary amides is 1. The van der Waals surface area contributed by atoms with Crippen molar-refractivity contribution in [2.45, 2.75) is 45.4 Å². The SMILES string of the molecule is CC(C)(C)OC(=O)N1CC2[C@@H]3[C@H](n4nc(-c5cnn(Cc6ccccc6)c5)c(C(N)=O)c4N)C[C@]23C1. The van der Waals surface area contributed by atoms with Gasteiger partial charge in [-0.1, -0.05) is 30.3 Å². The van der Waals surface area contributed by atoms with Crippen molar-refractivity contribution in [3.05, 3.63) is 53.9 Å². The minimum absolute atomic E-state index is 0.0852. The van der Waals surface area contributed by atoms with E-state index in [1.54, 1.807) is 15.6 Å². The molecule has 1 aromatic carbocycles. The van der Waals surface area contributed by atoms with Gasteiger partial charge in [0.25, 0.3) is 5.91 Å². The molecule has 36 heavy (non-hydrogen) atoms. The van der Waals surface area contributed by atoms with Gasteiger partial charge in [-0.15, -0.1) is 0 Å². The van der Waals surface area contributed by atoms with Gasteiger partial charge in [0.1, 0.15) is 22.7 Å². The quantitative estimate of drug-likeness (QED) is 0.566. The fourth-order valence-electron chi connectivity index (χ4n) is 6.34. The minimum Gasteiger partial charge on any atom is -0.444 e. The normalized spacial score (nSPS) is 26.2. The molecular formula is C26H31N7O3. The molecule has 10 nitrogen and oxygen atoms in total. The lowest BCUT2D eigenvalue weighted by molar-refractivity contribution is 0.0190. The second kappa shape index (κ2) is 7.59. The molecule has 1 unspecified atom stereocenters. The summed E-state index contributed by atoms with van der Waals surface area (Å²) < 4.78 is 9.13. The number of nitrogens with zero attached hydrogens (tertiary/aromatic N) is 5. The van der Waals surface area contributed by atoms with E-state index in [0.29, 0.717) is 48.5 Å². The number of nitrogens with two attached hydrogens (primary N) is 2. The largest absolute Gasteiger partial charge is 0.444 e. The van der Waals surface area contributed by atoms with Gasteiger partial charge in [0.2, 0.25) is 0 Å². The first-order valence-electron chi connectivity index (χ1n) is 12.3. The van der Waals surface area contributed by atoms with Crippen LogP contribution < -0.4 is 11.5 Å². The van der Waals surface area contributed by atoms with Crippen LogP contribution in [0, 0.1) is 17.3 Å². The summed E-state index contributed by atoms with van der Waals surface area (Å²) >= 11 is 0. The number of rotatable bonds is 5. The van der Waals surface area contributed by atoms with Gasteiger partial charge in [-0.2, -0.15) is 10.2 Å². The van der Waals surface area contributed by atoms with Gasteiger partial charge in [-0.05, 0) is 44.6 Å². The van der Waals surface area contributed by atoms with E-state index in [9.17, 15) is 9.59 Å². The number of aromatic nitrogens is 4. The highest BCUT2D eigenvalue weighted by atomic mass is 16.6. The maximum atomic E-state index is 12.5. The van der Waals surface area contributed by atoms with Gasteiger partial charge in [0, 0.05) is 30.3 Å². The van der Waals surface area contributed by atoms with Crippen LogP contribution in [-0.4, -0.2) is 55.2 Å². The zero-order valence-corrected chi connectivity index (χ0v) is 20.7. The van der Waals surface area contributed by atoms with Gasteiger partial charge in [0.15, 0.2) is 0 Å². The number of piperidine rings is 1. The van der Waals surface area contributed by atoms with E-state index in [1.807, 2.05) is 62.2 Å². The Kier molecular flexibility index (Phi) is 4.77. The van der Waals surface area contributed by atoms with Gasteiger partial charge in [-0.3, -0.25) is 9.48 Å². The fourth-order valence-corrected chi connectivity index (χ4v) is 6.34. The minimum atomic E-state index is -0.606. The molecular weight excluding hydrogens is 458 g/mol. The molecule has 10 heteroatoms. The fraction of sp³-hybridized carbons (Fsp3) is 0.462. The van der Waals surface area contributed by atoms with Crippen molar-refractivity contribution < 1.29 is 14.3 Å². The molecule has 0 bridgehead atoms. The van der Waals surface area contributed by atoms with Crippen LogP contribution in [0.3, 0.4) is 0 Å². The third-order valence-electron chi connectivity index (χ3n) is 7.89. The van der Waals surface area contributed by atoms with Crippen molar-refractivity contribution in [3.8, 4) is 11.3 Å². The monoisotopic (exact) mass is 489 g/mol. The van der Waals surface area contributed by atoms with Crippen molar-refractivity contribution >= 4 is 17.8 Å². The van der Waals surface area contributed by atoms with Crippen LogP contribution in [0.1, 0.15) is 49.2 Å². The Balaban J connectivity index is 1.21. The van der Waals surface area contributed by atoms with E-state index >= 15 is 0 Å². The van der Waals surface area contributed by atoms with E-state index in [1.165, 1.54) is 0 Å². The van der Waals surface area contributed by atoms with Gasteiger partial charge < -0.3 is 21.1 Å². The van der Waals surface area contributed by atoms with Crippen LogP contribution >= 0.6 is 0 Å². The summed E-state index contributed by atoms with van der Waals surface area (Å²) in [6.45, 7) is 7.60. The number of carbonyl (C=O) groups is 2. The molecule has 4 atom stereocenters. The number of anilines is 1. The Bertz CT molecular complexity index is 1360.